The molecule has 1 atom stereocenters. The lowest BCUT2D eigenvalue weighted by Gasteiger charge is -2.39. The zero-order valence-corrected chi connectivity index (χ0v) is 24.0. The fraction of sp³-hybridized carbons (Fsp3) is 0.310. The summed E-state index contributed by atoms with van der Waals surface area (Å²) in [6.45, 7) is 9.42. The normalized spacial score (nSPS) is 15.6. The lowest BCUT2D eigenvalue weighted by atomic mass is 10.0. The molecule has 1 N–H and O–H groups in total. The first-order valence-electron chi connectivity index (χ1n) is 12.9. The first-order valence-corrected chi connectivity index (χ1v) is 14.2. The van der Waals surface area contributed by atoms with Crippen LogP contribution in [0.25, 0.3) is 16.4 Å². The molecule has 3 heterocycles. The quantitative estimate of drug-likeness (QED) is 0.302. The zero-order chi connectivity index (χ0) is 27.7. The molecular weight excluding hydrogens is 532 g/mol. The molecule has 0 bridgehead atoms. The molecule has 8 nitrogen and oxygen atoms in total. The minimum Gasteiger partial charge on any atom is -0.335 e. The van der Waals surface area contributed by atoms with Gasteiger partial charge in [0.2, 0.25) is 5.13 Å². The van der Waals surface area contributed by atoms with Crippen molar-refractivity contribution < 1.29 is 9.59 Å². The summed E-state index contributed by atoms with van der Waals surface area (Å²) in [4.78, 5) is 35.0. The number of rotatable bonds is 5. The lowest BCUT2D eigenvalue weighted by Crippen LogP contribution is -2.56. The molecule has 1 aliphatic rings. The molecule has 1 saturated heterocycles. The van der Waals surface area contributed by atoms with Gasteiger partial charge in [-0.15, -0.1) is 11.3 Å². The minimum atomic E-state index is -0.158. The summed E-state index contributed by atoms with van der Waals surface area (Å²) in [7, 11) is 0. The van der Waals surface area contributed by atoms with Gasteiger partial charge in [0, 0.05) is 47.3 Å². The molecule has 3 amide bonds. The Labute approximate surface area is 237 Å². The van der Waals surface area contributed by atoms with Crippen LogP contribution in [0.15, 0.2) is 60.1 Å². The van der Waals surface area contributed by atoms with E-state index in [1.54, 1.807) is 15.8 Å². The Hall–Kier alpha value is -3.69. The summed E-state index contributed by atoms with van der Waals surface area (Å²) in [5, 5.41) is 10.9. The van der Waals surface area contributed by atoms with Crippen LogP contribution in [-0.4, -0.2) is 62.2 Å². The van der Waals surface area contributed by atoms with E-state index in [1.807, 2.05) is 86.5 Å². The van der Waals surface area contributed by atoms with Crippen LogP contribution < -0.4 is 5.32 Å². The Kier molecular flexibility index (Phi) is 7.72. The van der Waals surface area contributed by atoms with Gasteiger partial charge in [-0.2, -0.15) is 5.10 Å². The molecule has 0 spiro atoms. The number of anilines is 1. The van der Waals surface area contributed by atoms with Crippen molar-refractivity contribution in [2.75, 3.05) is 25.0 Å². The van der Waals surface area contributed by atoms with Crippen molar-refractivity contribution in [3.8, 4) is 16.4 Å². The number of nitrogens with one attached hydrogen (secondary N) is 1. The van der Waals surface area contributed by atoms with Crippen LogP contribution in [-0.2, 0) is 0 Å². The van der Waals surface area contributed by atoms with Gasteiger partial charge in [-0.1, -0.05) is 55.3 Å². The van der Waals surface area contributed by atoms with E-state index in [4.69, 9.17) is 16.6 Å². The highest BCUT2D eigenvalue weighted by molar-refractivity contribution is 7.12. The molecule has 10 heteroatoms. The number of urea groups is 1. The van der Waals surface area contributed by atoms with Gasteiger partial charge < -0.3 is 15.1 Å². The van der Waals surface area contributed by atoms with E-state index in [2.05, 4.69) is 10.4 Å². The number of amides is 3. The highest BCUT2D eigenvalue weighted by Gasteiger charge is 2.33. The Morgan fingerprint density at radius 1 is 1.08 bits per heavy atom. The monoisotopic (exact) mass is 562 g/mol. The second-order valence-electron chi connectivity index (χ2n) is 10.1. The first-order chi connectivity index (χ1) is 18.7. The van der Waals surface area contributed by atoms with Gasteiger partial charge in [-0.3, -0.25) is 4.79 Å². The smallest absolute Gasteiger partial charge is 0.322 e. The van der Waals surface area contributed by atoms with Gasteiger partial charge in [0.1, 0.15) is 0 Å². The third-order valence-electron chi connectivity index (χ3n) is 6.88. The zero-order valence-electron chi connectivity index (χ0n) is 22.4. The van der Waals surface area contributed by atoms with E-state index in [0.29, 0.717) is 35.4 Å². The van der Waals surface area contributed by atoms with E-state index >= 15 is 0 Å². The number of carbonyl (C=O) groups excluding carboxylic acids is 2. The number of carbonyl (C=O) groups is 2. The van der Waals surface area contributed by atoms with Crippen LogP contribution in [0.5, 0.6) is 0 Å². The van der Waals surface area contributed by atoms with Crippen molar-refractivity contribution in [1.29, 1.82) is 0 Å². The maximum atomic E-state index is 13.7. The number of hydrogen-bond donors (Lipinski definition) is 1. The van der Waals surface area contributed by atoms with Gasteiger partial charge in [-0.25, -0.2) is 14.5 Å². The molecule has 1 aliphatic heterocycles. The highest BCUT2D eigenvalue weighted by Crippen LogP contribution is 2.30. The summed E-state index contributed by atoms with van der Waals surface area (Å²) >= 11 is 7.51. The van der Waals surface area contributed by atoms with Crippen LogP contribution in [0.4, 0.5) is 10.5 Å². The number of benzene rings is 2. The van der Waals surface area contributed by atoms with Crippen molar-refractivity contribution in [2.45, 2.75) is 39.7 Å². The molecule has 2 aromatic heterocycles. The number of thiazole rings is 1. The number of piperazine rings is 1. The number of hydrogen-bond acceptors (Lipinski definition) is 5. The molecule has 5 rings (SSSR count). The molecule has 1 unspecified atom stereocenters. The van der Waals surface area contributed by atoms with E-state index in [1.165, 1.54) is 11.3 Å². The summed E-state index contributed by atoms with van der Waals surface area (Å²) in [5.74, 6) is -0.0294. The molecule has 0 saturated carbocycles. The second-order valence-corrected chi connectivity index (χ2v) is 11.4. The Balaban J connectivity index is 1.31. The third kappa shape index (κ3) is 5.69. The number of aromatic nitrogens is 3. The number of halogens is 1. The molecule has 2 aromatic carbocycles. The lowest BCUT2D eigenvalue weighted by molar-refractivity contribution is 0.0590. The average Bonchev–Trinajstić information content (AvgIpc) is 3.58. The number of nitrogens with zero attached hydrogens (tertiary/aromatic N) is 5. The second kappa shape index (κ2) is 11.2. The summed E-state index contributed by atoms with van der Waals surface area (Å²) < 4.78 is 1.77. The van der Waals surface area contributed by atoms with Crippen molar-refractivity contribution in [3.05, 3.63) is 82.0 Å². The Morgan fingerprint density at radius 2 is 1.79 bits per heavy atom. The van der Waals surface area contributed by atoms with Gasteiger partial charge in [0.05, 0.1) is 23.1 Å². The molecular formula is C29H31ClN6O2S. The van der Waals surface area contributed by atoms with Gasteiger partial charge in [0.25, 0.3) is 5.91 Å². The largest absolute Gasteiger partial charge is 0.335 e. The maximum absolute atomic E-state index is 13.7. The molecule has 1 fully saturated rings. The molecule has 39 heavy (non-hydrogen) atoms. The summed E-state index contributed by atoms with van der Waals surface area (Å²) in [6.07, 6.45) is 1.64. The van der Waals surface area contributed by atoms with Crippen LogP contribution in [0, 0.1) is 6.92 Å². The van der Waals surface area contributed by atoms with E-state index in [-0.39, 0.29) is 23.9 Å². The Bertz CT molecular complexity index is 1480. The fourth-order valence-electron chi connectivity index (χ4n) is 4.79. The molecule has 0 radical (unpaired) electrons. The van der Waals surface area contributed by atoms with Crippen LogP contribution >= 0.6 is 22.9 Å². The van der Waals surface area contributed by atoms with Crippen LogP contribution in [0.1, 0.15) is 48.3 Å². The van der Waals surface area contributed by atoms with Crippen LogP contribution in [0.2, 0.25) is 5.02 Å². The first kappa shape index (κ1) is 26.9. The summed E-state index contributed by atoms with van der Waals surface area (Å²) in [6, 6.07) is 15.0. The minimum absolute atomic E-state index is 0.0494. The van der Waals surface area contributed by atoms with Gasteiger partial charge in [0.15, 0.2) is 0 Å². The number of aryl methyl sites for hydroxylation is 1. The maximum Gasteiger partial charge on any atom is 0.322 e. The molecule has 0 aliphatic carbocycles. The topological polar surface area (TPSA) is 83.4 Å². The fourth-order valence-corrected chi connectivity index (χ4v) is 5.72. The van der Waals surface area contributed by atoms with Gasteiger partial charge in [-0.05, 0) is 44.0 Å². The van der Waals surface area contributed by atoms with Crippen molar-refractivity contribution in [2.24, 2.45) is 0 Å². The standard InChI is InChI=1S/C29H31ClN6O2S/c1-18(2)26-24(15-31-36(26)29-33-25(17-39-29)21-7-9-22(30)10-8-21)27(37)34-13-14-35(20(4)16-34)28(38)32-23-11-5-19(3)6-12-23/h5-12,15,17-18,20H,13-14,16H2,1-4H3,(H,32,38). The summed E-state index contributed by atoms with van der Waals surface area (Å²) in [5.41, 5.74) is 5.08. The predicted octanol–water partition coefficient (Wildman–Crippen LogP) is 6.46. The van der Waals surface area contributed by atoms with E-state index < -0.39 is 0 Å². The average molecular weight is 563 g/mol. The van der Waals surface area contributed by atoms with Gasteiger partial charge >= 0.3 is 6.03 Å². The molecule has 202 valence electrons. The van der Waals surface area contributed by atoms with Crippen LogP contribution in [0.3, 0.4) is 0 Å². The van der Waals surface area contributed by atoms with Crippen molar-refractivity contribution in [1.82, 2.24) is 24.6 Å². The van der Waals surface area contributed by atoms with Crippen molar-refractivity contribution >= 4 is 40.6 Å². The SMILES string of the molecule is Cc1ccc(NC(=O)N2CCN(C(=O)c3cnn(-c4nc(-c5ccc(Cl)cc5)cs4)c3C(C)C)CC2C)cc1. The predicted molar refractivity (Wildman–Crippen MR) is 156 cm³/mol. The van der Waals surface area contributed by atoms with Crippen molar-refractivity contribution in [3.63, 3.8) is 0 Å². The van der Waals surface area contributed by atoms with E-state index in [9.17, 15) is 9.59 Å². The Morgan fingerprint density at radius 3 is 2.46 bits per heavy atom. The third-order valence-corrected chi connectivity index (χ3v) is 7.94. The van der Waals surface area contributed by atoms with E-state index in [0.717, 1.165) is 28.2 Å². The molecule has 4 aromatic rings. The highest BCUT2D eigenvalue weighted by atomic mass is 35.5.